The molecule has 0 aromatic rings. The van der Waals surface area contributed by atoms with Gasteiger partial charge in [-0.1, -0.05) is 5.92 Å². The zero-order chi connectivity index (χ0) is 8.10. The third-order valence-corrected chi connectivity index (χ3v) is 2.16. The molecule has 1 unspecified atom stereocenters. The Balaban J connectivity index is 2.22. The first kappa shape index (κ1) is 8.58. The average Bonchev–Trinajstić information content (AvgIpc) is 2.48. The number of likely N-dealkylation sites (N-methyl/N-ethyl adjacent to an activating group) is 1. The van der Waals surface area contributed by atoms with Gasteiger partial charge in [0.05, 0.1) is 6.54 Å². The summed E-state index contributed by atoms with van der Waals surface area (Å²) in [5.74, 6) is 6.00. The van der Waals surface area contributed by atoms with Crippen molar-refractivity contribution < 1.29 is 0 Å². The molecule has 0 spiro atoms. The molecule has 1 rings (SSSR count). The Hall–Kier alpha value is -0.520. The number of hydrogen-bond acceptors (Lipinski definition) is 2. The molecule has 2 heteroatoms. The highest BCUT2D eigenvalue weighted by atomic mass is 15.2. The third kappa shape index (κ3) is 2.53. The van der Waals surface area contributed by atoms with Gasteiger partial charge in [-0.15, -0.1) is 5.92 Å². The Kier molecular flexibility index (Phi) is 3.41. The first-order chi connectivity index (χ1) is 5.36. The van der Waals surface area contributed by atoms with Crippen LogP contribution in [0.1, 0.15) is 13.3 Å². The van der Waals surface area contributed by atoms with Crippen molar-refractivity contribution in [1.29, 1.82) is 0 Å². The number of likely N-dealkylation sites (tertiary alicyclic amines) is 1. The van der Waals surface area contributed by atoms with Crippen LogP contribution in [-0.2, 0) is 0 Å². The summed E-state index contributed by atoms with van der Waals surface area (Å²) in [6.07, 6.45) is 1.27. The summed E-state index contributed by atoms with van der Waals surface area (Å²) >= 11 is 0. The summed E-state index contributed by atoms with van der Waals surface area (Å²) in [5.41, 5.74) is 0. The minimum atomic E-state index is 0.689. The smallest absolute Gasteiger partial charge is 0.0602 e. The van der Waals surface area contributed by atoms with Crippen LogP contribution in [0.4, 0.5) is 0 Å². The highest BCUT2D eigenvalue weighted by Gasteiger charge is 2.19. The van der Waals surface area contributed by atoms with Gasteiger partial charge < -0.3 is 5.32 Å². The van der Waals surface area contributed by atoms with Crippen LogP contribution < -0.4 is 5.32 Å². The SMILES string of the molecule is CC#CCN1CCC(NC)C1. The fourth-order valence-electron chi connectivity index (χ4n) is 1.40. The Morgan fingerprint density at radius 1 is 1.64 bits per heavy atom. The zero-order valence-electron chi connectivity index (χ0n) is 7.35. The molecule has 11 heavy (non-hydrogen) atoms. The van der Waals surface area contributed by atoms with Gasteiger partial charge in [-0.25, -0.2) is 0 Å². The summed E-state index contributed by atoms with van der Waals surface area (Å²) in [4.78, 5) is 2.39. The van der Waals surface area contributed by atoms with Crippen molar-refractivity contribution in [3.8, 4) is 11.8 Å². The topological polar surface area (TPSA) is 15.3 Å². The number of rotatable bonds is 2. The van der Waals surface area contributed by atoms with E-state index in [0.717, 1.165) is 13.1 Å². The molecule has 1 heterocycles. The molecular weight excluding hydrogens is 136 g/mol. The molecule has 1 aliphatic heterocycles. The second-order valence-corrected chi connectivity index (χ2v) is 2.94. The summed E-state index contributed by atoms with van der Waals surface area (Å²) in [6, 6.07) is 0.689. The van der Waals surface area contributed by atoms with E-state index in [-0.39, 0.29) is 0 Å². The molecule has 1 saturated heterocycles. The second-order valence-electron chi connectivity index (χ2n) is 2.94. The summed E-state index contributed by atoms with van der Waals surface area (Å²) < 4.78 is 0. The predicted octanol–water partition coefficient (Wildman–Crippen LogP) is 0.303. The molecule has 1 aliphatic rings. The lowest BCUT2D eigenvalue weighted by Crippen LogP contribution is -2.29. The fourth-order valence-corrected chi connectivity index (χ4v) is 1.40. The molecule has 0 aromatic carbocycles. The van der Waals surface area contributed by atoms with Gasteiger partial charge in [0.15, 0.2) is 0 Å². The standard InChI is InChI=1S/C9H16N2/c1-3-4-6-11-7-5-9(8-11)10-2/h9-10H,5-8H2,1-2H3. The highest BCUT2D eigenvalue weighted by Crippen LogP contribution is 2.06. The monoisotopic (exact) mass is 152 g/mol. The molecule has 1 N–H and O–H groups in total. The van der Waals surface area contributed by atoms with Gasteiger partial charge in [0.25, 0.3) is 0 Å². The Bertz CT molecular complexity index is 166. The Labute approximate surface area is 69.0 Å². The van der Waals surface area contributed by atoms with Crippen LogP contribution >= 0.6 is 0 Å². The fraction of sp³-hybridized carbons (Fsp3) is 0.778. The summed E-state index contributed by atoms with van der Waals surface area (Å²) in [5, 5.41) is 3.28. The van der Waals surface area contributed by atoms with E-state index in [1.165, 1.54) is 13.0 Å². The lowest BCUT2D eigenvalue weighted by Gasteiger charge is -2.11. The van der Waals surface area contributed by atoms with Crippen LogP contribution in [0.2, 0.25) is 0 Å². The van der Waals surface area contributed by atoms with Crippen LogP contribution in [0.25, 0.3) is 0 Å². The lowest BCUT2D eigenvalue weighted by molar-refractivity contribution is 0.371. The maximum atomic E-state index is 3.28. The zero-order valence-corrected chi connectivity index (χ0v) is 7.35. The van der Waals surface area contributed by atoms with Gasteiger partial charge in [-0.05, 0) is 20.4 Å². The second kappa shape index (κ2) is 4.38. The molecule has 1 atom stereocenters. The van der Waals surface area contributed by atoms with Gasteiger partial charge in [0, 0.05) is 19.1 Å². The van der Waals surface area contributed by atoms with E-state index in [0.29, 0.717) is 6.04 Å². The van der Waals surface area contributed by atoms with Crippen LogP contribution in [0.15, 0.2) is 0 Å². The molecule has 0 radical (unpaired) electrons. The van der Waals surface area contributed by atoms with E-state index in [2.05, 4.69) is 22.1 Å². The van der Waals surface area contributed by atoms with Crippen molar-refractivity contribution in [3.63, 3.8) is 0 Å². The quantitative estimate of drug-likeness (QED) is 0.573. The molecule has 0 bridgehead atoms. The van der Waals surface area contributed by atoms with Crippen LogP contribution in [0.5, 0.6) is 0 Å². The van der Waals surface area contributed by atoms with Crippen LogP contribution in [0, 0.1) is 11.8 Å². The average molecular weight is 152 g/mol. The van der Waals surface area contributed by atoms with Crippen LogP contribution in [0.3, 0.4) is 0 Å². The van der Waals surface area contributed by atoms with Crippen LogP contribution in [-0.4, -0.2) is 37.6 Å². The minimum Gasteiger partial charge on any atom is -0.316 e. The summed E-state index contributed by atoms with van der Waals surface area (Å²) in [6.45, 7) is 5.19. The molecule has 1 fully saturated rings. The number of hydrogen-bond donors (Lipinski definition) is 1. The van der Waals surface area contributed by atoms with Gasteiger partial charge in [0.2, 0.25) is 0 Å². The van der Waals surface area contributed by atoms with E-state index >= 15 is 0 Å². The van der Waals surface area contributed by atoms with Crippen molar-refractivity contribution in [2.24, 2.45) is 0 Å². The normalized spacial score (nSPS) is 24.7. The van der Waals surface area contributed by atoms with Crippen molar-refractivity contribution in [1.82, 2.24) is 10.2 Å². The van der Waals surface area contributed by atoms with Gasteiger partial charge >= 0.3 is 0 Å². The first-order valence-corrected chi connectivity index (χ1v) is 4.16. The molecule has 0 amide bonds. The number of nitrogens with zero attached hydrogens (tertiary/aromatic N) is 1. The highest BCUT2D eigenvalue weighted by molar-refractivity contribution is 4.99. The van der Waals surface area contributed by atoms with Gasteiger partial charge in [-0.2, -0.15) is 0 Å². The van der Waals surface area contributed by atoms with E-state index in [1.807, 2.05) is 14.0 Å². The van der Waals surface area contributed by atoms with E-state index in [4.69, 9.17) is 0 Å². The number of nitrogens with one attached hydrogen (secondary N) is 1. The Morgan fingerprint density at radius 3 is 3.00 bits per heavy atom. The molecule has 0 saturated carbocycles. The van der Waals surface area contributed by atoms with Crippen molar-refractivity contribution in [3.05, 3.63) is 0 Å². The molecular formula is C9H16N2. The predicted molar refractivity (Wildman–Crippen MR) is 47.4 cm³/mol. The minimum absolute atomic E-state index is 0.689. The lowest BCUT2D eigenvalue weighted by atomic mass is 10.3. The molecule has 2 nitrogen and oxygen atoms in total. The molecule has 0 aromatic heterocycles. The first-order valence-electron chi connectivity index (χ1n) is 4.16. The van der Waals surface area contributed by atoms with Crippen molar-refractivity contribution in [2.75, 3.05) is 26.7 Å². The van der Waals surface area contributed by atoms with E-state index in [9.17, 15) is 0 Å². The summed E-state index contributed by atoms with van der Waals surface area (Å²) in [7, 11) is 2.03. The largest absolute Gasteiger partial charge is 0.316 e. The molecule has 62 valence electrons. The van der Waals surface area contributed by atoms with Gasteiger partial charge in [0.1, 0.15) is 0 Å². The van der Waals surface area contributed by atoms with E-state index in [1.54, 1.807) is 0 Å². The van der Waals surface area contributed by atoms with Gasteiger partial charge in [-0.3, -0.25) is 4.90 Å². The van der Waals surface area contributed by atoms with E-state index < -0.39 is 0 Å². The van der Waals surface area contributed by atoms with Crippen molar-refractivity contribution >= 4 is 0 Å². The maximum absolute atomic E-state index is 3.28. The van der Waals surface area contributed by atoms with Crippen molar-refractivity contribution in [2.45, 2.75) is 19.4 Å². The Morgan fingerprint density at radius 2 is 2.45 bits per heavy atom. The third-order valence-electron chi connectivity index (χ3n) is 2.16. The maximum Gasteiger partial charge on any atom is 0.0602 e. The molecule has 0 aliphatic carbocycles.